The lowest BCUT2D eigenvalue weighted by atomic mass is 9.95. The Morgan fingerprint density at radius 3 is 2.43 bits per heavy atom. The number of nitriles is 2. The fraction of sp³-hybridized carbons (Fsp3) is 0.259. The molecule has 3 N–H and O–H groups in total. The number of nitrogen functional groups attached to an aromatic ring is 1. The highest BCUT2D eigenvalue weighted by molar-refractivity contribution is 5.96. The van der Waals surface area contributed by atoms with E-state index in [4.69, 9.17) is 5.73 Å². The lowest BCUT2D eigenvalue weighted by Gasteiger charge is -2.26. The van der Waals surface area contributed by atoms with Crippen LogP contribution in [-0.4, -0.2) is 46.4 Å². The van der Waals surface area contributed by atoms with Crippen molar-refractivity contribution in [3.05, 3.63) is 65.2 Å². The minimum Gasteiger partial charge on any atom is -0.384 e. The van der Waals surface area contributed by atoms with Crippen molar-refractivity contribution in [2.45, 2.75) is 19.3 Å². The number of likely N-dealkylation sites (tertiary alicyclic amines) is 1. The number of hydrogen-bond donors (Lipinski definition) is 2. The molecule has 0 aliphatic carbocycles. The second-order valence-electron chi connectivity index (χ2n) is 8.73. The standard InChI is InChI=1S/C27H25N7O/c28-16-20-24(21(17-29)26-32-22-6-2-3-7-23(22)34(26)25(20)30)18-8-10-19(11-9-18)27(35)31-12-15-33-13-4-1-5-14-33/h2-3,6-11H,1,4-5,12-15,30H2,(H,31,35). The predicted octanol–water partition coefficient (Wildman–Crippen LogP) is 3.70. The van der Waals surface area contributed by atoms with E-state index >= 15 is 0 Å². The lowest BCUT2D eigenvalue weighted by Crippen LogP contribution is -2.37. The molecule has 0 spiro atoms. The van der Waals surface area contributed by atoms with Crippen LogP contribution in [0.2, 0.25) is 0 Å². The van der Waals surface area contributed by atoms with Crippen LogP contribution >= 0.6 is 0 Å². The summed E-state index contributed by atoms with van der Waals surface area (Å²) < 4.78 is 1.65. The van der Waals surface area contributed by atoms with Crippen molar-refractivity contribution in [2.75, 3.05) is 31.9 Å². The highest BCUT2D eigenvalue weighted by Gasteiger charge is 2.23. The van der Waals surface area contributed by atoms with Crippen molar-refractivity contribution in [1.29, 1.82) is 10.5 Å². The summed E-state index contributed by atoms with van der Waals surface area (Å²) in [5.74, 6) is 0.0776. The third-order valence-electron chi connectivity index (χ3n) is 6.60. The first-order valence-corrected chi connectivity index (χ1v) is 11.8. The minimum absolute atomic E-state index is 0.149. The second kappa shape index (κ2) is 9.46. The monoisotopic (exact) mass is 463 g/mol. The maximum absolute atomic E-state index is 12.6. The molecular weight excluding hydrogens is 438 g/mol. The quantitative estimate of drug-likeness (QED) is 0.465. The summed E-state index contributed by atoms with van der Waals surface area (Å²) >= 11 is 0. The van der Waals surface area contributed by atoms with E-state index in [1.54, 1.807) is 28.7 Å². The van der Waals surface area contributed by atoms with E-state index in [2.05, 4.69) is 27.3 Å². The van der Waals surface area contributed by atoms with Gasteiger partial charge in [-0.05, 0) is 55.8 Å². The van der Waals surface area contributed by atoms with Gasteiger partial charge in [0.2, 0.25) is 0 Å². The van der Waals surface area contributed by atoms with Gasteiger partial charge in [0.05, 0.1) is 11.0 Å². The predicted molar refractivity (Wildman–Crippen MR) is 135 cm³/mol. The Kier molecular flexibility index (Phi) is 6.05. The Balaban J connectivity index is 1.46. The van der Waals surface area contributed by atoms with Crippen LogP contribution in [0.4, 0.5) is 5.82 Å². The Morgan fingerprint density at radius 1 is 1.00 bits per heavy atom. The number of fused-ring (bicyclic) bond motifs is 3. The molecule has 1 aliphatic heterocycles. The number of hydrogen-bond acceptors (Lipinski definition) is 6. The van der Waals surface area contributed by atoms with Crippen molar-refractivity contribution in [3.63, 3.8) is 0 Å². The molecule has 2 aromatic heterocycles. The molecule has 0 unspecified atom stereocenters. The molecule has 1 saturated heterocycles. The third kappa shape index (κ3) is 4.05. The Morgan fingerprint density at radius 2 is 1.71 bits per heavy atom. The molecule has 1 aliphatic rings. The number of piperidine rings is 1. The highest BCUT2D eigenvalue weighted by Crippen LogP contribution is 2.35. The number of nitrogens with two attached hydrogens (primary N) is 1. The fourth-order valence-electron chi connectivity index (χ4n) is 4.82. The number of aromatic nitrogens is 2. The number of anilines is 1. The average molecular weight is 464 g/mol. The summed E-state index contributed by atoms with van der Waals surface area (Å²) in [6.45, 7) is 3.62. The largest absolute Gasteiger partial charge is 0.384 e. The molecule has 1 amide bonds. The van der Waals surface area contributed by atoms with Gasteiger partial charge in [-0.3, -0.25) is 9.20 Å². The van der Waals surface area contributed by atoms with Gasteiger partial charge in [-0.2, -0.15) is 10.5 Å². The van der Waals surface area contributed by atoms with E-state index in [1.165, 1.54) is 19.3 Å². The SMILES string of the molecule is N#Cc1c(-c2ccc(C(=O)NCCN3CCCCC3)cc2)c(C#N)c2nc3ccccc3n2c1N. The van der Waals surface area contributed by atoms with Gasteiger partial charge in [0, 0.05) is 24.2 Å². The maximum atomic E-state index is 12.6. The molecule has 0 radical (unpaired) electrons. The van der Waals surface area contributed by atoms with Gasteiger partial charge < -0.3 is 16.0 Å². The number of carbonyl (C=O) groups excluding carboxylic acids is 1. The number of rotatable bonds is 5. The van der Waals surface area contributed by atoms with Crippen LogP contribution in [0.15, 0.2) is 48.5 Å². The van der Waals surface area contributed by atoms with Crippen LogP contribution in [0.3, 0.4) is 0 Å². The topological polar surface area (TPSA) is 123 Å². The summed E-state index contributed by atoms with van der Waals surface area (Å²) in [5.41, 5.74) is 10.3. The molecule has 35 heavy (non-hydrogen) atoms. The van der Waals surface area contributed by atoms with E-state index < -0.39 is 0 Å². The normalized spacial score (nSPS) is 14.0. The number of benzene rings is 2. The molecule has 8 heteroatoms. The van der Waals surface area contributed by atoms with Crippen LogP contribution in [0.1, 0.15) is 40.7 Å². The van der Waals surface area contributed by atoms with Crippen LogP contribution in [0.25, 0.3) is 27.8 Å². The van der Waals surface area contributed by atoms with E-state index in [1.807, 2.05) is 24.3 Å². The number of nitrogens with one attached hydrogen (secondary N) is 1. The molecule has 4 aromatic rings. The summed E-state index contributed by atoms with van der Waals surface area (Å²) in [5, 5.41) is 23.0. The molecule has 0 atom stereocenters. The van der Waals surface area contributed by atoms with Gasteiger partial charge in [-0.25, -0.2) is 4.98 Å². The molecule has 174 valence electrons. The van der Waals surface area contributed by atoms with Gasteiger partial charge in [-0.15, -0.1) is 0 Å². The zero-order valence-corrected chi connectivity index (χ0v) is 19.3. The molecule has 2 aromatic carbocycles. The first-order chi connectivity index (χ1) is 17.1. The number of amides is 1. The Labute approximate surface area is 203 Å². The molecule has 0 bridgehead atoms. The zero-order chi connectivity index (χ0) is 24.4. The first kappa shape index (κ1) is 22.4. The van der Waals surface area contributed by atoms with Crippen molar-refractivity contribution in [3.8, 4) is 23.3 Å². The van der Waals surface area contributed by atoms with Crippen molar-refractivity contribution >= 4 is 28.4 Å². The van der Waals surface area contributed by atoms with Crippen LogP contribution in [-0.2, 0) is 0 Å². The second-order valence-corrected chi connectivity index (χ2v) is 8.73. The van der Waals surface area contributed by atoms with E-state index in [9.17, 15) is 15.3 Å². The Hall–Kier alpha value is -4.40. The summed E-state index contributed by atoms with van der Waals surface area (Å²) in [4.78, 5) is 19.6. The van der Waals surface area contributed by atoms with Crippen LogP contribution in [0.5, 0.6) is 0 Å². The fourth-order valence-corrected chi connectivity index (χ4v) is 4.82. The zero-order valence-electron chi connectivity index (χ0n) is 19.3. The van der Waals surface area contributed by atoms with Gasteiger partial charge in [-0.1, -0.05) is 30.7 Å². The van der Waals surface area contributed by atoms with Gasteiger partial charge in [0.1, 0.15) is 29.1 Å². The number of nitrogens with zero attached hydrogens (tertiary/aromatic N) is 5. The van der Waals surface area contributed by atoms with Gasteiger partial charge in [0.15, 0.2) is 5.65 Å². The molecule has 1 fully saturated rings. The summed E-state index contributed by atoms with van der Waals surface area (Å²) in [6, 6.07) is 18.7. The van der Waals surface area contributed by atoms with E-state index in [0.29, 0.717) is 34.4 Å². The molecule has 0 saturated carbocycles. The molecular formula is C27H25N7O. The summed E-state index contributed by atoms with van der Waals surface area (Å²) in [6.07, 6.45) is 3.72. The number of imidazole rings is 1. The van der Waals surface area contributed by atoms with E-state index in [0.717, 1.165) is 25.2 Å². The van der Waals surface area contributed by atoms with Crippen molar-refractivity contribution < 1.29 is 4.79 Å². The third-order valence-corrected chi connectivity index (χ3v) is 6.60. The maximum Gasteiger partial charge on any atom is 0.251 e. The van der Waals surface area contributed by atoms with E-state index in [-0.39, 0.29) is 22.9 Å². The van der Waals surface area contributed by atoms with Gasteiger partial charge in [0.25, 0.3) is 5.91 Å². The number of carbonyl (C=O) groups is 1. The molecule has 3 heterocycles. The molecule has 8 nitrogen and oxygen atoms in total. The lowest BCUT2D eigenvalue weighted by molar-refractivity contribution is 0.0946. The molecule has 5 rings (SSSR count). The number of para-hydroxylation sites is 2. The van der Waals surface area contributed by atoms with Crippen molar-refractivity contribution in [2.24, 2.45) is 0 Å². The summed E-state index contributed by atoms with van der Waals surface area (Å²) in [7, 11) is 0. The van der Waals surface area contributed by atoms with Crippen molar-refractivity contribution in [1.82, 2.24) is 19.6 Å². The average Bonchev–Trinajstić information content (AvgIpc) is 3.29. The van der Waals surface area contributed by atoms with Crippen LogP contribution in [0, 0.1) is 22.7 Å². The van der Waals surface area contributed by atoms with Gasteiger partial charge >= 0.3 is 0 Å². The van der Waals surface area contributed by atoms with Crippen LogP contribution < -0.4 is 11.1 Å². The smallest absolute Gasteiger partial charge is 0.251 e. The highest BCUT2D eigenvalue weighted by atomic mass is 16.1. The minimum atomic E-state index is -0.149. The first-order valence-electron chi connectivity index (χ1n) is 11.8. The Bertz CT molecular complexity index is 1500. The number of pyridine rings is 1.